The van der Waals surface area contributed by atoms with Crippen molar-refractivity contribution in [2.75, 3.05) is 6.61 Å². The molecule has 2 heteroatoms. The smallest absolute Gasteiger partial charge is 0.0603 e. The van der Waals surface area contributed by atoms with Crippen molar-refractivity contribution in [1.82, 2.24) is 0 Å². The van der Waals surface area contributed by atoms with E-state index in [-0.39, 0.29) is 0 Å². The molecule has 0 atom stereocenters. The van der Waals surface area contributed by atoms with Crippen LogP contribution in [0.3, 0.4) is 0 Å². The second kappa shape index (κ2) is 7.53. The number of hydrogen-bond acceptors (Lipinski definition) is 1. The van der Waals surface area contributed by atoms with Gasteiger partial charge in [-0.15, -0.1) is 11.6 Å². The lowest BCUT2D eigenvalue weighted by Crippen LogP contribution is -2.32. The van der Waals surface area contributed by atoms with Crippen LogP contribution in [0.25, 0.3) is 0 Å². The molecule has 1 saturated carbocycles. The summed E-state index contributed by atoms with van der Waals surface area (Å²) in [6.07, 6.45) is 10.7. The molecule has 0 aliphatic heterocycles. The Hall–Kier alpha value is 0.250. The molecule has 1 fully saturated rings. The summed E-state index contributed by atoms with van der Waals surface area (Å²) in [6, 6.07) is 0. The van der Waals surface area contributed by atoms with Gasteiger partial charge in [-0.05, 0) is 19.3 Å². The van der Waals surface area contributed by atoms with Crippen molar-refractivity contribution in [3.05, 3.63) is 0 Å². The Morgan fingerprint density at radius 1 is 1.07 bits per heavy atom. The van der Waals surface area contributed by atoms with Crippen molar-refractivity contribution in [2.24, 2.45) is 0 Å². The predicted octanol–water partition coefficient (Wildman–Crippen LogP) is 4.13. The Morgan fingerprint density at radius 3 is 2.36 bits per heavy atom. The summed E-state index contributed by atoms with van der Waals surface area (Å²) in [4.78, 5) is 0. The molecule has 0 saturated heterocycles. The molecule has 0 aromatic heterocycles. The number of hydrogen-bond donors (Lipinski definition) is 0. The highest BCUT2D eigenvalue weighted by molar-refractivity contribution is 6.21. The average molecular weight is 219 g/mol. The number of ether oxygens (including phenoxy) is 1. The summed E-state index contributed by atoms with van der Waals surface area (Å²) in [5.41, 5.74) is 0. The van der Waals surface area contributed by atoms with E-state index >= 15 is 0 Å². The summed E-state index contributed by atoms with van der Waals surface area (Å²) < 4.78 is 5.67. The Kier molecular flexibility index (Phi) is 6.63. The topological polar surface area (TPSA) is 9.23 Å². The van der Waals surface area contributed by atoms with Crippen LogP contribution >= 0.6 is 11.6 Å². The van der Waals surface area contributed by atoms with Crippen LogP contribution in [-0.2, 0) is 4.74 Å². The molecule has 14 heavy (non-hydrogen) atoms. The van der Waals surface area contributed by atoms with Gasteiger partial charge in [0.2, 0.25) is 0 Å². The van der Waals surface area contributed by atoms with Gasteiger partial charge in [-0.3, -0.25) is 0 Å². The maximum absolute atomic E-state index is 5.86. The fourth-order valence-electron chi connectivity index (χ4n) is 1.77. The minimum atomic E-state index is 0.393. The highest BCUT2D eigenvalue weighted by atomic mass is 35.5. The van der Waals surface area contributed by atoms with Gasteiger partial charge in [0.25, 0.3) is 0 Å². The molecule has 84 valence electrons. The van der Waals surface area contributed by atoms with Crippen LogP contribution in [0, 0.1) is 0 Å². The molecule has 0 aromatic carbocycles. The molecule has 0 aromatic rings. The van der Waals surface area contributed by atoms with Gasteiger partial charge in [0.15, 0.2) is 0 Å². The molecule has 0 bridgehead atoms. The van der Waals surface area contributed by atoms with Crippen LogP contribution in [0.15, 0.2) is 0 Å². The largest absolute Gasteiger partial charge is 0.378 e. The van der Waals surface area contributed by atoms with Crippen LogP contribution in [-0.4, -0.2) is 18.1 Å². The van der Waals surface area contributed by atoms with Crippen LogP contribution in [0.4, 0.5) is 0 Å². The van der Waals surface area contributed by atoms with Gasteiger partial charge in [-0.25, -0.2) is 0 Å². The van der Waals surface area contributed by atoms with E-state index in [9.17, 15) is 0 Å². The summed E-state index contributed by atoms with van der Waals surface area (Å²) in [7, 11) is 0. The number of alkyl halides is 1. The fraction of sp³-hybridized carbons (Fsp3) is 1.00. The van der Waals surface area contributed by atoms with E-state index in [0.717, 1.165) is 19.4 Å². The van der Waals surface area contributed by atoms with Crippen molar-refractivity contribution in [3.63, 3.8) is 0 Å². The number of rotatable bonds is 8. The fourth-order valence-corrected chi connectivity index (χ4v) is 2.17. The standard InChI is InChI=1S/C12H23ClO/c1-2-3-4-5-6-7-8-14-12-9-11(13)10-12/h11-12H,2-10H2,1H3. The van der Waals surface area contributed by atoms with Gasteiger partial charge in [-0.2, -0.15) is 0 Å². The van der Waals surface area contributed by atoms with Crippen LogP contribution in [0.2, 0.25) is 0 Å². The zero-order chi connectivity index (χ0) is 10.2. The molecule has 1 aliphatic carbocycles. The monoisotopic (exact) mass is 218 g/mol. The normalized spacial score (nSPS) is 26.1. The summed E-state index contributed by atoms with van der Waals surface area (Å²) in [5, 5.41) is 0.393. The van der Waals surface area contributed by atoms with Gasteiger partial charge in [0, 0.05) is 12.0 Å². The summed E-state index contributed by atoms with van der Waals surface area (Å²) in [5.74, 6) is 0. The molecule has 1 aliphatic rings. The Bertz CT molecular complexity index is 132. The molecule has 0 N–H and O–H groups in total. The molecular weight excluding hydrogens is 196 g/mol. The molecule has 0 radical (unpaired) electrons. The van der Waals surface area contributed by atoms with Crippen LogP contribution in [0.5, 0.6) is 0 Å². The van der Waals surface area contributed by atoms with Crippen molar-refractivity contribution < 1.29 is 4.74 Å². The van der Waals surface area contributed by atoms with E-state index in [1.807, 2.05) is 0 Å². The van der Waals surface area contributed by atoms with E-state index in [2.05, 4.69) is 6.92 Å². The van der Waals surface area contributed by atoms with Crippen molar-refractivity contribution in [3.8, 4) is 0 Å². The van der Waals surface area contributed by atoms with Gasteiger partial charge in [0.05, 0.1) is 6.10 Å². The van der Waals surface area contributed by atoms with Gasteiger partial charge < -0.3 is 4.74 Å². The van der Waals surface area contributed by atoms with Crippen molar-refractivity contribution >= 4 is 11.6 Å². The first kappa shape index (κ1) is 12.3. The first-order valence-electron chi connectivity index (χ1n) is 6.08. The Morgan fingerprint density at radius 2 is 1.71 bits per heavy atom. The quantitative estimate of drug-likeness (QED) is 0.440. The third-order valence-electron chi connectivity index (χ3n) is 2.89. The van der Waals surface area contributed by atoms with E-state index < -0.39 is 0 Å². The number of unbranched alkanes of at least 4 members (excludes halogenated alkanes) is 5. The molecule has 1 nitrogen and oxygen atoms in total. The first-order valence-corrected chi connectivity index (χ1v) is 6.52. The first-order chi connectivity index (χ1) is 6.83. The maximum Gasteiger partial charge on any atom is 0.0603 e. The summed E-state index contributed by atoms with van der Waals surface area (Å²) in [6.45, 7) is 3.20. The van der Waals surface area contributed by atoms with Crippen molar-refractivity contribution in [1.29, 1.82) is 0 Å². The molecule has 0 amide bonds. The Balaban J connectivity index is 1.72. The zero-order valence-corrected chi connectivity index (χ0v) is 10.1. The lowest BCUT2D eigenvalue weighted by atomic mass is 9.95. The lowest BCUT2D eigenvalue weighted by Gasteiger charge is -2.30. The van der Waals surface area contributed by atoms with E-state index in [0.29, 0.717) is 11.5 Å². The van der Waals surface area contributed by atoms with E-state index in [1.165, 1.54) is 38.5 Å². The third-order valence-corrected chi connectivity index (χ3v) is 3.25. The van der Waals surface area contributed by atoms with Crippen LogP contribution < -0.4 is 0 Å². The maximum atomic E-state index is 5.86. The van der Waals surface area contributed by atoms with E-state index in [4.69, 9.17) is 16.3 Å². The van der Waals surface area contributed by atoms with Gasteiger partial charge in [-0.1, -0.05) is 39.0 Å². The second-order valence-electron chi connectivity index (χ2n) is 4.33. The van der Waals surface area contributed by atoms with E-state index in [1.54, 1.807) is 0 Å². The zero-order valence-electron chi connectivity index (χ0n) is 9.30. The van der Waals surface area contributed by atoms with Crippen molar-refractivity contribution in [2.45, 2.75) is 69.8 Å². The second-order valence-corrected chi connectivity index (χ2v) is 4.95. The third kappa shape index (κ3) is 5.21. The lowest BCUT2D eigenvalue weighted by molar-refractivity contribution is 0.00310. The molecular formula is C12H23ClO. The molecule has 0 spiro atoms. The molecule has 0 unspecified atom stereocenters. The molecule has 0 heterocycles. The summed E-state index contributed by atoms with van der Waals surface area (Å²) >= 11 is 5.86. The number of halogens is 1. The molecule has 1 rings (SSSR count). The minimum absolute atomic E-state index is 0.393. The Labute approximate surface area is 93.2 Å². The van der Waals surface area contributed by atoms with Crippen LogP contribution in [0.1, 0.15) is 58.3 Å². The van der Waals surface area contributed by atoms with Gasteiger partial charge >= 0.3 is 0 Å². The highest BCUT2D eigenvalue weighted by Crippen LogP contribution is 2.28. The minimum Gasteiger partial charge on any atom is -0.378 e. The van der Waals surface area contributed by atoms with Gasteiger partial charge in [0.1, 0.15) is 0 Å². The SMILES string of the molecule is CCCCCCCCOC1CC(Cl)C1. The average Bonchev–Trinajstić information content (AvgIpc) is 2.13. The highest BCUT2D eigenvalue weighted by Gasteiger charge is 2.27. The predicted molar refractivity (Wildman–Crippen MR) is 62.0 cm³/mol.